The van der Waals surface area contributed by atoms with Gasteiger partial charge in [0.2, 0.25) is 0 Å². The van der Waals surface area contributed by atoms with Gasteiger partial charge >= 0.3 is 6.18 Å². The van der Waals surface area contributed by atoms with Crippen molar-refractivity contribution in [2.75, 3.05) is 20.3 Å². The Bertz CT molecular complexity index is 425. The predicted molar refractivity (Wildman–Crippen MR) is 70.3 cm³/mol. The van der Waals surface area contributed by atoms with Crippen molar-refractivity contribution in [1.29, 1.82) is 0 Å². The maximum atomic E-state index is 13.0. The van der Waals surface area contributed by atoms with Gasteiger partial charge in [0.05, 0.1) is 6.61 Å². The third kappa shape index (κ3) is 3.48. The number of fused-ring (bicyclic) bond motifs is 1. The molecule has 2 heterocycles. The summed E-state index contributed by atoms with van der Waals surface area (Å²) < 4.78 is 61.0. The van der Waals surface area contributed by atoms with Crippen LogP contribution >= 0.6 is 11.8 Å². The molecule has 1 saturated heterocycles. The predicted octanol–water partition coefficient (Wildman–Crippen LogP) is 0.0409. The van der Waals surface area contributed by atoms with Crippen LogP contribution in [0, 0.1) is 0 Å². The first-order chi connectivity index (χ1) is 10.3. The van der Waals surface area contributed by atoms with Gasteiger partial charge in [-0.2, -0.15) is 13.2 Å². The topological polar surface area (TPSA) is 83.3 Å². The largest absolute Gasteiger partial charge is 0.417 e. The van der Waals surface area contributed by atoms with Gasteiger partial charge in [-0.3, -0.25) is 4.99 Å². The summed E-state index contributed by atoms with van der Waals surface area (Å²) in [6.07, 6.45) is -12.7. The number of ether oxygens (including phenoxy) is 2. The lowest BCUT2D eigenvalue weighted by Crippen LogP contribution is -2.61. The summed E-state index contributed by atoms with van der Waals surface area (Å²) in [7, 11) is 1.56. The third-order valence-corrected chi connectivity index (χ3v) is 4.47. The van der Waals surface area contributed by atoms with E-state index in [1.807, 2.05) is 0 Å². The molecule has 128 valence electrons. The fourth-order valence-corrected chi connectivity index (χ4v) is 3.37. The molecule has 0 aliphatic carbocycles. The highest BCUT2D eigenvalue weighted by molar-refractivity contribution is 8.14. The van der Waals surface area contributed by atoms with Crippen molar-refractivity contribution in [3.63, 3.8) is 0 Å². The molecule has 11 heteroatoms. The van der Waals surface area contributed by atoms with Gasteiger partial charge in [-0.25, -0.2) is 4.39 Å². The van der Waals surface area contributed by atoms with Gasteiger partial charge in [0.15, 0.2) is 11.3 Å². The number of rotatable bonds is 4. The van der Waals surface area contributed by atoms with Crippen LogP contribution in [-0.2, 0) is 9.47 Å². The van der Waals surface area contributed by atoms with E-state index in [9.17, 15) is 27.8 Å². The molecule has 6 nitrogen and oxygen atoms in total. The van der Waals surface area contributed by atoms with E-state index in [1.165, 1.54) is 0 Å². The number of aliphatic hydroxyl groups excluding tert-OH is 2. The Morgan fingerprint density at radius 2 is 2.09 bits per heavy atom. The molecule has 0 aromatic rings. The van der Waals surface area contributed by atoms with Crippen LogP contribution in [0.3, 0.4) is 0 Å². The highest BCUT2D eigenvalue weighted by Crippen LogP contribution is 2.39. The van der Waals surface area contributed by atoms with Gasteiger partial charge < -0.3 is 25.0 Å². The van der Waals surface area contributed by atoms with Gasteiger partial charge in [-0.15, -0.1) is 0 Å². The Hall–Kier alpha value is -0.620. The summed E-state index contributed by atoms with van der Waals surface area (Å²) in [5, 5.41) is 23.0. The molecule has 0 radical (unpaired) electrons. The Kier molecular flexibility index (Phi) is 5.54. The van der Waals surface area contributed by atoms with Gasteiger partial charge in [-0.1, -0.05) is 11.8 Å². The molecular formula is C11H16F4N2O4S. The molecule has 0 amide bonds. The summed E-state index contributed by atoms with van der Waals surface area (Å²) in [6, 6.07) is -0.881. The van der Waals surface area contributed by atoms with Crippen LogP contribution in [0.1, 0.15) is 0 Å². The van der Waals surface area contributed by atoms with E-state index in [-0.39, 0.29) is 0 Å². The Balaban J connectivity index is 2.17. The van der Waals surface area contributed by atoms with Crippen molar-refractivity contribution < 1.29 is 37.2 Å². The van der Waals surface area contributed by atoms with Crippen molar-refractivity contribution in [1.82, 2.24) is 5.32 Å². The first-order valence-corrected chi connectivity index (χ1v) is 7.35. The highest BCUT2D eigenvalue weighted by Gasteiger charge is 2.57. The van der Waals surface area contributed by atoms with Crippen LogP contribution in [0.15, 0.2) is 4.99 Å². The second kappa shape index (κ2) is 6.87. The second-order valence-electron chi connectivity index (χ2n) is 4.76. The van der Waals surface area contributed by atoms with E-state index in [2.05, 4.69) is 15.0 Å². The molecule has 0 spiro atoms. The van der Waals surface area contributed by atoms with Gasteiger partial charge in [0.25, 0.3) is 0 Å². The molecule has 2 aliphatic heterocycles. The number of hydrogen-bond donors (Lipinski definition) is 3. The minimum atomic E-state index is -4.87. The number of nitrogens with one attached hydrogen (secondary N) is 1. The van der Waals surface area contributed by atoms with Crippen LogP contribution in [0.5, 0.6) is 0 Å². The lowest BCUT2D eigenvalue weighted by Gasteiger charge is -2.41. The number of aliphatic imine (C=N–C) groups is 1. The molecule has 22 heavy (non-hydrogen) atoms. The zero-order chi connectivity index (χ0) is 16.5. The second-order valence-corrected chi connectivity index (χ2v) is 5.85. The van der Waals surface area contributed by atoms with Gasteiger partial charge in [0.1, 0.15) is 36.5 Å². The number of hydrogen-bond acceptors (Lipinski definition) is 7. The first-order valence-electron chi connectivity index (χ1n) is 6.47. The molecule has 0 aromatic heterocycles. The number of thioether (sulfide) groups is 1. The van der Waals surface area contributed by atoms with Crippen LogP contribution in [0.25, 0.3) is 0 Å². The average Bonchev–Trinajstić information content (AvgIpc) is 2.86. The highest BCUT2D eigenvalue weighted by atomic mass is 32.2. The normalized spacial score (nSPS) is 36.7. The van der Waals surface area contributed by atoms with E-state index in [0.29, 0.717) is 5.17 Å². The number of alkyl halides is 4. The maximum absolute atomic E-state index is 13.0. The number of aliphatic hydroxyl groups is 2. The van der Waals surface area contributed by atoms with Crippen molar-refractivity contribution in [2.45, 2.75) is 42.1 Å². The molecular weight excluding hydrogens is 332 g/mol. The number of halogens is 4. The van der Waals surface area contributed by atoms with E-state index >= 15 is 0 Å². The smallest absolute Gasteiger partial charge is 0.388 e. The quantitative estimate of drug-likeness (QED) is 0.623. The monoisotopic (exact) mass is 348 g/mol. The molecule has 3 N–H and O–H groups in total. The van der Waals surface area contributed by atoms with E-state index in [0.717, 1.165) is 11.8 Å². The minimum absolute atomic E-state index is 0.384. The molecule has 0 bridgehead atoms. The lowest BCUT2D eigenvalue weighted by atomic mass is 9.94. The van der Waals surface area contributed by atoms with E-state index < -0.39 is 55.4 Å². The summed E-state index contributed by atoms with van der Waals surface area (Å²) in [5.41, 5.74) is -0.885. The Labute approximate surface area is 127 Å². The standard InChI is InChI=1S/C11H16F4N2O4S/c1-16-10-17-4-5(18)6(19)7(21-9(4)22-10)8(11(13,14)15)20-3-2-12/h4-9,18-19H,2-3H2,1H3,(H,16,17)/t4-,5-,6+,7?,8-,9-/m1/s1. The zero-order valence-corrected chi connectivity index (χ0v) is 12.3. The summed E-state index contributed by atoms with van der Waals surface area (Å²) >= 11 is 1.00. The third-order valence-electron chi connectivity index (χ3n) is 3.31. The van der Waals surface area contributed by atoms with Crippen LogP contribution in [0.4, 0.5) is 17.6 Å². The summed E-state index contributed by atoms with van der Waals surface area (Å²) in [5.74, 6) is 0. The first kappa shape index (κ1) is 17.7. The molecule has 6 atom stereocenters. The fourth-order valence-electron chi connectivity index (χ4n) is 2.30. The average molecular weight is 348 g/mol. The van der Waals surface area contributed by atoms with Crippen LogP contribution in [-0.4, -0.2) is 77.8 Å². The SMILES string of the molecule is CNC1=N[C@@H]2[C@@H](O)[C@H](O)C([C@@H](OCCF)C(F)(F)F)O[C@@H]2S1. The molecule has 1 unspecified atom stereocenters. The Morgan fingerprint density at radius 3 is 2.64 bits per heavy atom. The minimum Gasteiger partial charge on any atom is -0.388 e. The van der Waals surface area contributed by atoms with Crippen LogP contribution < -0.4 is 5.32 Å². The van der Waals surface area contributed by atoms with Gasteiger partial charge in [-0.05, 0) is 0 Å². The van der Waals surface area contributed by atoms with E-state index in [4.69, 9.17) is 4.74 Å². The number of amidine groups is 1. The molecule has 0 saturated carbocycles. The summed E-state index contributed by atoms with van der Waals surface area (Å²) in [6.45, 7) is -1.89. The molecule has 1 fully saturated rings. The van der Waals surface area contributed by atoms with Crippen molar-refractivity contribution >= 4 is 16.9 Å². The fraction of sp³-hybridized carbons (Fsp3) is 0.909. The van der Waals surface area contributed by atoms with Gasteiger partial charge in [0, 0.05) is 7.05 Å². The van der Waals surface area contributed by atoms with Crippen LogP contribution in [0.2, 0.25) is 0 Å². The molecule has 2 rings (SSSR count). The Morgan fingerprint density at radius 1 is 1.41 bits per heavy atom. The maximum Gasteiger partial charge on any atom is 0.417 e. The van der Waals surface area contributed by atoms with E-state index in [1.54, 1.807) is 7.05 Å². The number of nitrogens with zero attached hydrogens (tertiary/aromatic N) is 1. The zero-order valence-electron chi connectivity index (χ0n) is 11.5. The van der Waals surface area contributed by atoms with Crippen molar-refractivity contribution in [3.05, 3.63) is 0 Å². The molecule has 0 aromatic carbocycles. The molecule has 2 aliphatic rings. The van der Waals surface area contributed by atoms with Crippen molar-refractivity contribution in [3.8, 4) is 0 Å². The summed E-state index contributed by atoms with van der Waals surface area (Å²) in [4.78, 5) is 4.03. The van der Waals surface area contributed by atoms with Crippen molar-refractivity contribution in [2.24, 2.45) is 4.99 Å². The lowest BCUT2D eigenvalue weighted by molar-refractivity contribution is -0.284.